The van der Waals surface area contributed by atoms with Crippen LogP contribution in [0.2, 0.25) is 0 Å². The summed E-state index contributed by atoms with van der Waals surface area (Å²) in [6.07, 6.45) is 2.06. The second kappa shape index (κ2) is 8.52. The second-order valence-corrected chi connectivity index (χ2v) is 8.80. The topological polar surface area (TPSA) is 71.0 Å². The van der Waals surface area contributed by atoms with Crippen molar-refractivity contribution >= 4 is 40.1 Å². The number of nitrogens with one attached hydrogen (secondary N) is 1. The summed E-state index contributed by atoms with van der Waals surface area (Å²) in [7, 11) is 1.56. The van der Waals surface area contributed by atoms with Gasteiger partial charge in [-0.15, -0.1) is 0 Å². The van der Waals surface area contributed by atoms with Gasteiger partial charge < -0.3 is 10.1 Å². The summed E-state index contributed by atoms with van der Waals surface area (Å²) in [6, 6.07) is 13.5. The first-order valence-electron chi connectivity index (χ1n) is 10.1. The highest BCUT2D eigenvalue weighted by Crippen LogP contribution is 2.40. The molecule has 1 N–H and O–H groups in total. The van der Waals surface area contributed by atoms with Crippen LogP contribution in [0, 0.1) is 13.8 Å². The van der Waals surface area contributed by atoms with E-state index in [1.165, 1.54) is 11.8 Å². The first-order chi connectivity index (χ1) is 14.5. The first kappa shape index (κ1) is 20.5. The van der Waals surface area contributed by atoms with Crippen LogP contribution in [0.25, 0.3) is 0 Å². The van der Waals surface area contributed by atoms with E-state index in [2.05, 4.69) is 5.32 Å². The van der Waals surface area contributed by atoms with Crippen LogP contribution in [0.4, 0.5) is 11.4 Å². The van der Waals surface area contributed by atoms with Crippen molar-refractivity contribution in [3.05, 3.63) is 53.6 Å². The Morgan fingerprint density at radius 3 is 2.53 bits per heavy atom. The van der Waals surface area contributed by atoms with Crippen LogP contribution in [0.5, 0.6) is 5.75 Å². The molecular weight excluding hydrogens is 398 g/mol. The fourth-order valence-corrected chi connectivity index (χ4v) is 4.76. The minimum atomic E-state index is -0.469. The summed E-state index contributed by atoms with van der Waals surface area (Å²) in [5.41, 5.74) is 3.65. The van der Waals surface area contributed by atoms with Gasteiger partial charge in [0.15, 0.2) is 5.17 Å². The molecule has 30 heavy (non-hydrogen) atoms. The number of carbonyl (C=O) groups excluding carboxylic acids is 2. The van der Waals surface area contributed by atoms with Crippen LogP contribution in [0.3, 0.4) is 0 Å². The van der Waals surface area contributed by atoms with Gasteiger partial charge in [-0.25, -0.2) is 4.99 Å². The highest BCUT2D eigenvalue weighted by Gasteiger charge is 2.46. The van der Waals surface area contributed by atoms with E-state index in [4.69, 9.17) is 9.73 Å². The zero-order chi connectivity index (χ0) is 21.3. The van der Waals surface area contributed by atoms with E-state index in [9.17, 15) is 9.59 Å². The van der Waals surface area contributed by atoms with E-state index in [1.807, 2.05) is 44.2 Å². The number of hydrogen-bond acceptors (Lipinski definition) is 5. The molecule has 7 heteroatoms. The Kier molecular flexibility index (Phi) is 5.81. The molecule has 2 aromatic rings. The second-order valence-electron chi connectivity index (χ2n) is 7.63. The summed E-state index contributed by atoms with van der Waals surface area (Å²) >= 11 is 1.39. The van der Waals surface area contributed by atoms with Gasteiger partial charge in [0.05, 0.1) is 18.5 Å². The van der Waals surface area contributed by atoms with Crippen LogP contribution in [0.1, 0.15) is 30.4 Å². The van der Waals surface area contributed by atoms with Gasteiger partial charge in [-0.3, -0.25) is 14.5 Å². The molecule has 1 saturated carbocycles. The highest BCUT2D eigenvalue weighted by atomic mass is 32.2. The Bertz CT molecular complexity index is 996. The Balaban J connectivity index is 1.53. The van der Waals surface area contributed by atoms with Crippen molar-refractivity contribution in [3.8, 4) is 5.75 Å². The van der Waals surface area contributed by atoms with Gasteiger partial charge in [-0.05, 0) is 49.9 Å². The van der Waals surface area contributed by atoms with E-state index in [1.54, 1.807) is 24.1 Å². The third-order valence-electron chi connectivity index (χ3n) is 5.28. The summed E-state index contributed by atoms with van der Waals surface area (Å²) in [4.78, 5) is 32.4. The fourth-order valence-electron chi connectivity index (χ4n) is 3.56. The molecule has 0 radical (unpaired) electrons. The van der Waals surface area contributed by atoms with Gasteiger partial charge in [0.25, 0.3) is 0 Å². The average Bonchev–Trinajstić information content (AvgIpc) is 3.51. The predicted octanol–water partition coefficient (Wildman–Crippen LogP) is 4.43. The Hall–Kier alpha value is -2.80. The lowest BCUT2D eigenvalue weighted by Crippen LogP contribution is -2.35. The number of amidine groups is 1. The van der Waals surface area contributed by atoms with Crippen molar-refractivity contribution in [2.24, 2.45) is 4.99 Å². The molecule has 1 saturated heterocycles. The van der Waals surface area contributed by atoms with Crippen LogP contribution < -0.4 is 10.1 Å². The molecule has 156 valence electrons. The standard InChI is InChI=1S/C23H25N3O3S/c1-14-7-6-8-15(2)21(14)25-23-26(16-11-12-16)22(28)19(30-23)13-20(27)24-17-9-4-5-10-18(17)29-3/h4-10,16,19H,11-13H2,1-3H3,(H,24,27). The summed E-state index contributed by atoms with van der Waals surface area (Å²) < 4.78 is 5.29. The Labute approximate surface area is 180 Å². The SMILES string of the molecule is COc1ccccc1NC(=O)CC1SC(=Nc2c(C)cccc2C)N(C2CC2)C1=O. The summed E-state index contributed by atoms with van der Waals surface area (Å²) in [5.74, 6) is 0.352. The van der Waals surface area contributed by atoms with Crippen molar-refractivity contribution in [1.29, 1.82) is 0 Å². The predicted molar refractivity (Wildman–Crippen MR) is 120 cm³/mol. The number of anilines is 1. The summed E-state index contributed by atoms with van der Waals surface area (Å²) in [6.45, 7) is 4.04. The Morgan fingerprint density at radius 2 is 1.87 bits per heavy atom. The molecule has 4 rings (SSSR count). The lowest BCUT2D eigenvalue weighted by molar-refractivity contribution is -0.128. The van der Waals surface area contributed by atoms with Gasteiger partial charge in [0.2, 0.25) is 11.8 Å². The lowest BCUT2D eigenvalue weighted by atomic mass is 10.1. The van der Waals surface area contributed by atoms with E-state index in [0.717, 1.165) is 29.7 Å². The molecule has 1 heterocycles. The molecule has 1 aliphatic carbocycles. The van der Waals surface area contributed by atoms with Gasteiger partial charge >= 0.3 is 0 Å². The Morgan fingerprint density at radius 1 is 1.17 bits per heavy atom. The quantitative estimate of drug-likeness (QED) is 0.746. The largest absolute Gasteiger partial charge is 0.495 e. The van der Waals surface area contributed by atoms with Crippen LogP contribution in [0.15, 0.2) is 47.5 Å². The molecule has 2 aromatic carbocycles. The van der Waals surface area contributed by atoms with Crippen molar-refractivity contribution in [2.75, 3.05) is 12.4 Å². The molecular formula is C23H25N3O3S. The zero-order valence-electron chi connectivity index (χ0n) is 17.3. The number of methoxy groups -OCH3 is 1. The number of ether oxygens (including phenoxy) is 1. The monoisotopic (exact) mass is 423 g/mol. The van der Waals surface area contributed by atoms with E-state index >= 15 is 0 Å². The molecule has 1 atom stereocenters. The van der Waals surface area contributed by atoms with Crippen LogP contribution >= 0.6 is 11.8 Å². The first-order valence-corrected chi connectivity index (χ1v) is 10.9. The maximum atomic E-state index is 13.1. The lowest BCUT2D eigenvalue weighted by Gasteiger charge is -2.16. The van der Waals surface area contributed by atoms with E-state index in [-0.39, 0.29) is 24.3 Å². The van der Waals surface area contributed by atoms with E-state index < -0.39 is 5.25 Å². The third kappa shape index (κ3) is 4.21. The molecule has 0 spiro atoms. The number of amides is 2. The number of rotatable bonds is 6. The number of nitrogens with zero attached hydrogens (tertiary/aromatic N) is 2. The molecule has 2 fully saturated rings. The number of hydrogen-bond donors (Lipinski definition) is 1. The van der Waals surface area contributed by atoms with Gasteiger partial charge in [0, 0.05) is 12.5 Å². The van der Waals surface area contributed by atoms with Crippen molar-refractivity contribution in [3.63, 3.8) is 0 Å². The smallest absolute Gasteiger partial charge is 0.242 e. The van der Waals surface area contributed by atoms with Gasteiger partial charge in [0.1, 0.15) is 11.0 Å². The average molecular weight is 424 g/mol. The minimum Gasteiger partial charge on any atom is -0.495 e. The molecule has 1 aliphatic heterocycles. The normalized spacial score (nSPS) is 20.0. The number of benzene rings is 2. The maximum Gasteiger partial charge on any atom is 0.242 e. The number of para-hydroxylation sites is 3. The number of carbonyl (C=O) groups is 2. The van der Waals surface area contributed by atoms with Gasteiger partial charge in [-0.2, -0.15) is 0 Å². The number of aryl methyl sites for hydroxylation is 2. The molecule has 0 aromatic heterocycles. The zero-order valence-corrected chi connectivity index (χ0v) is 18.2. The number of thioether (sulfide) groups is 1. The summed E-state index contributed by atoms with van der Waals surface area (Å²) in [5, 5.41) is 3.10. The highest BCUT2D eigenvalue weighted by molar-refractivity contribution is 8.15. The van der Waals surface area contributed by atoms with Crippen molar-refractivity contribution in [2.45, 2.75) is 44.4 Å². The van der Waals surface area contributed by atoms with E-state index in [0.29, 0.717) is 16.6 Å². The van der Waals surface area contributed by atoms with Crippen LogP contribution in [-0.2, 0) is 9.59 Å². The molecule has 0 bridgehead atoms. The third-order valence-corrected chi connectivity index (χ3v) is 6.43. The molecule has 2 amide bonds. The fraction of sp³-hybridized carbons (Fsp3) is 0.348. The molecule has 2 aliphatic rings. The number of aliphatic imine (C=N–C) groups is 1. The maximum absolute atomic E-state index is 13.1. The van der Waals surface area contributed by atoms with Crippen LogP contribution in [-0.4, -0.2) is 40.3 Å². The van der Waals surface area contributed by atoms with Gasteiger partial charge in [-0.1, -0.05) is 42.1 Å². The van der Waals surface area contributed by atoms with Crippen molar-refractivity contribution in [1.82, 2.24) is 4.90 Å². The van der Waals surface area contributed by atoms with Crippen molar-refractivity contribution < 1.29 is 14.3 Å². The molecule has 1 unspecified atom stereocenters. The minimum absolute atomic E-state index is 0.0253. The molecule has 6 nitrogen and oxygen atoms in total.